The van der Waals surface area contributed by atoms with Crippen molar-refractivity contribution in [3.63, 3.8) is 0 Å². The van der Waals surface area contributed by atoms with Crippen molar-refractivity contribution in [2.75, 3.05) is 13.7 Å². The zero-order valence-electron chi connectivity index (χ0n) is 19.3. The molecule has 0 aromatic heterocycles. The van der Waals surface area contributed by atoms with E-state index in [1.165, 1.54) is 32.2 Å². The van der Waals surface area contributed by atoms with Gasteiger partial charge in [0.1, 0.15) is 19.0 Å². The lowest BCUT2D eigenvalue weighted by atomic mass is 9.98. The maximum absolute atomic E-state index is 11.9. The Balaban J connectivity index is 2.51. The first-order valence-electron chi connectivity index (χ1n) is 10.2. The van der Waals surface area contributed by atoms with Gasteiger partial charge in [-0.2, -0.15) is 0 Å². The number of hydrogen-bond donors (Lipinski definition) is 0. The van der Waals surface area contributed by atoms with Crippen molar-refractivity contribution in [3.05, 3.63) is 23.8 Å². The van der Waals surface area contributed by atoms with E-state index < -0.39 is 54.6 Å². The van der Waals surface area contributed by atoms with Crippen molar-refractivity contribution in [1.82, 2.24) is 0 Å². The summed E-state index contributed by atoms with van der Waals surface area (Å²) in [5.74, 6) is -2.64. The topological polar surface area (TPSA) is 150 Å². The van der Waals surface area contributed by atoms with Crippen LogP contribution in [-0.4, -0.2) is 74.6 Å². The highest BCUT2D eigenvalue weighted by Gasteiger charge is 2.53. The summed E-state index contributed by atoms with van der Waals surface area (Å²) in [4.78, 5) is 57.9. The summed E-state index contributed by atoms with van der Waals surface area (Å²) in [5.41, 5.74) is 0.311. The molecule has 2 rings (SSSR count). The maximum Gasteiger partial charge on any atom is 0.303 e. The van der Waals surface area contributed by atoms with Gasteiger partial charge in [0.2, 0.25) is 12.4 Å². The summed E-state index contributed by atoms with van der Waals surface area (Å²) in [7, 11) is 1.35. The maximum atomic E-state index is 11.9. The van der Waals surface area contributed by atoms with Gasteiger partial charge in [-0.15, -0.1) is 0 Å². The van der Waals surface area contributed by atoms with Crippen LogP contribution < -0.4 is 9.47 Å². The van der Waals surface area contributed by atoms with Crippen LogP contribution >= 0.6 is 0 Å². The van der Waals surface area contributed by atoms with E-state index in [1.807, 2.05) is 0 Å². The Morgan fingerprint density at radius 3 is 1.97 bits per heavy atom. The molecule has 12 nitrogen and oxygen atoms in total. The van der Waals surface area contributed by atoms with E-state index in [0.29, 0.717) is 11.8 Å². The molecule has 1 aromatic carbocycles. The van der Waals surface area contributed by atoms with E-state index in [1.54, 1.807) is 0 Å². The molecule has 0 unspecified atom stereocenters. The van der Waals surface area contributed by atoms with Crippen LogP contribution in [0.1, 0.15) is 38.1 Å². The molecule has 1 aliphatic rings. The van der Waals surface area contributed by atoms with Crippen molar-refractivity contribution < 1.29 is 57.1 Å². The number of esters is 4. The average molecular weight is 482 g/mol. The fraction of sp³-hybridized carbons (Fsp3) is 0.500. The lowest BCUT2D eigenvalue weighted by Gasteiger charge is -2.44. The first-order chi connectivity index (χ1) is 16.0. The van der Waals surface area contributed by atoms with Gasteiger partial charge < -0.3 is 33.2 Å². The van der Waals surface area contributed by atoms with Crippen LogP contribution in [0.15, 0.2) is 18.2 Å². The van der Waals surface area contributed by atoms with E-state index >= 15 is 0 Å². The summed E-state index contributed by atoms with van der Waals surface area (Å²) in [6.45, 7) is 4.13. The molecule has 1 heterocycles. The normalized spacial score (nSPS) is 23.7. The number of ether oxygens (including phenoxy) is 7. The van der Waals surface area contributed by atoms with Gasteiger partial charge in [0, 0.05) is 33.3 Å². The van der Waals surface area contributed by atoms with Crippen molar-refractivity contribution in [3.8, 4) is 11.5 Å². The molecule has 0 spiro atoms. The number of aldehydes is 1. The first-order valence-corrected chi connectivity index (χ1v) is 10.2. The molecule has 34 heavy (non-hydrogen) atoms. The van der Waals surface area contributed by atoms with Crippen LogP contribution in [0.3, 0.4) is 0 Å². The standard InChI is InChI=1S/C22H26O12/c1-11(24)29-10-18-19(30-12(2)25)20(31-13(3)26)21(32-14(4)27)22(34-18)33-16-7-6-15(9-23)8-17(16)28-5/h6-9,18-22H,10H2,1-5H3/t18-,19+,20+,21-,22-/m1/s1. The van der Waals surface area contributed by atoms with E-state index in [0.717, 1.165) is 20.8 Å². The molecule has 0 saturated carbocycles. The zero-order chi connectivity index (χ0) is 25.4. The number of methoxy groups -OCH3 is 1. The molecule has 1 saturated heterocycles. The largest absolute Gasteiger partial charge is 0.493 e. The molecule has 1 fully saturated rings. The number of hydrogen-bond acceptors (Lipinski definition) is 12. The quantitative estimate of drug-likeness (QED) is 0.280. The zero-order valence-corrected chi connectivity index (χ0v) is 19.3. The average Bonchev–Trinajstić information content (AvgIpc) is 2.75. The molecule has 0 N–H and O–H groups in total. The highest BCUT2D eigenvalue weighted by molar-refractivity contribution is 5.76. The highest BCUT2D eigenvalue weighted by atomic mass is 16.7. The van der Waals surface area contributed by atoms with Crippen LogP contribution in [0.25, 0.3) is 0 Å². The highest BCUT2D eigenvalue weighted by Crippen LogP contribution is 2.34. The fourth-order valence-corrected chi connectivity index (χ4v) is 3.26. The van der Waals surface area contributed by atoms with Crippen molar-refractivity contribution >= 4 is 30.2 Å². The van der Waals surface area contributed by atoms with Crippen LogP contribution in [0.4, 0.5) is 0 Å². The molecule has 0 amide bonds. The molecular weight excluding hydrogens is 456 g/mol. The molecule has 186 valence electrons. The predicted octanol–water partition coefficient (Wildman–Crippen LogP) is 0.970. The number of carbonyl (C=O) groups is 5. The van der Waals surface area contributed by atoms with Crippen LogP contribution in [0.5, 0.6) is 11.5 Å². The summed E-state index contributed by atoms with van der Waals surface area (Å²) in [5, 5.41) is 0. The van der Waals surface area contributed by atoms with Gasteiger partial charge in [-0.1, -0.05) is 0 Å². The van der Waals surface area contributed by atoms with E-state index in [9.17, 15) is 24.0 Å². The molecule has 12 heteroatoms. The Morgan fingerprint density at radius 1 is 0.853 bits per heavy atom. The smallest absolute Gasteiger partial charge is 0.303 e. The molecule has 1 aromatic rings. The minimum absolute atomic E-state index is 0.106. The Labute approximate surface area is 195 Å². The van der Waals surface area contributed by atoms with Gasteiger partial charge in [-0.25, -0.2) is 0 Å². The van der Waals surface area contributed by atoms with E-state index in [2.05, 4.69) is 0 Å². The van der Waals surface area contributed by atoms with Crippen molar-refractivity contribution in [2.24, 2.45) is 0 Å². The monoisotopic (exact) mass is 482 g/mol. The fourth-order valence-electron chi connectivity index (χ4n) is 3.26. The van der Waals surface area contributed by atoms with Crippen molar-refractivity contribution in [1.29, 1.82) is 0 Å². The second-order valence-electron chi connectivity index (χ2n) is 7.21. The SMILES string of the molecule is COc1cc(C=O)ccc1O[C@@H]1O[C@H](COC(C)=O)[C@H](OC(C)=O)[C@H](OC(C)=O)[C@H]1OC(C)=O. The second kappa shape index (κ2) is 12.0. The second-order valence-corrected chi connectivity index (χ2v) is 7.21. The lowest BCUT2D eigenvalue weighted by molar-refractivity contribution is -0.288. The summed E-state index contributed by atoms with van der Waals surface area (Å²) >= 11 is 0. The van der Waals surface area contributed by atoms with Gasteiger partial charge in [-0.3, -0.25) is 24.0 Å². The van der Waals surface area contributed by atoms with Gasteiger partial charge in [-0.05, 0) is 18.2 Å². The van der Waals surface area contributed by atoms with Gasteiger partial charge >= 0.3 is 23.9 Å². The first kappa shape index (κ1) is 26.6. The summed E-state index contributed by atoms with van der Waals surface area (Å²) in [6.07, 6.45) is -6.03. The summed E-state index contributed by atoms with van der Waals surface area (Å²) < 4.78 is 38.0. The number of rotatable bonds is 9. The minimum atomic E-state index is -1.42. The Morgan fingerprint density at radius 2 is 1.44 bits per heavy atom. The third-order valence-electron chi connectivity index (χ3n) is 4.52. The Bertz CT molecular complexity index is 926. The van der Waals surface area contributed by atoms with Crippen LogP contribution in [0.2, 0.25) is 0 Å². The van der Waals surface area contributed by atoms with E-state index in [-0.39, 0.29) is 18.1 Å². The lowest BCUT2D eigenvalue weighted by Crippen LogP contribution is -2.63. The third kappa shape index (κ3) is 7.17. The Kier molecular flexibility index (Phi) is 9.36. The molecule has 5 atom stereocenters. The number of benzene rings is 1. The predicted molar refractivity (Wildman–Crippen MR) is 111 cm³/mol. The van der Waals surface area contributed by atoms with Gasteiger partial charge in [0.15, 0.2) is 23.7 Å². The summed E-state index contributed by atoms with van der Waals surface area (Å²) in [6, 6.07) is 4.29. The molecule has 0 bridgehead atoms. The van der Waals surface area contributed by atoms with Crippen molar-refractivity contribution in [2.45, 2.75) is 58.4 Å². The molecular formula is C22H26O12. The van der Waals surface area contributed by atoms with Crippen LogP contribution in [0, 0.1) is 0 Å². The molecule has 0 aliphatic carbocycles. The minimum Gasteiger partial charge on any atom is -0.493 e. The van der Waals surface area contributed by atoms with Gasteiger partial charge in [0.05, 0.1) is 7.11 Å². The van der Waals surface area contributed by atoms with Crippen LogP contribution in [-0.2, 0) is 42.9 Å². The Hall–Kier alpha value is -3.67. The van der Waals surface area contributed by atoms with E-state index in [4.69, 9.17) is 33.2 Å². The molecule has 1 aliphatic heterocycles. The molecule has 0 radical (unpaired) electrons. The van der Waals surface area contributed by atoms with Gasteiger partial charge in [0.25, 0.3) is 0 Å². The third-order valence-corrected chi connectivity index (χ3v) is 4.52. The number of carbonyl (C=O) groups excluding carboxylic acids is 5.